The minimum atomic E-state index is 0.287. The second-order valence-corrected chi connectivity index (χ2v) is 6.47. The number of anilines is 2. The lowest BCUT2D eigenvalue weighted by molar-refractivity contribution is 0.519. The van der Waals surface area contributed by atoms with Crippen molar-refractivity contribution >= 4 is 11.6 Å². The lowest BCUT2D eigenvalue weighted by Gasteiger charge is -2.18. The Balaban J connectivity index is 2.71. The van der Waals surface area contributed by atoms with E-state index in [1.807, 2.05) is 6.92 Å². The van der Waals surface area contributed by atoms with E-state index >= 15 is 0 Å². The molecule has 1 atom stereocenters. The van der Waals surface area contributed by atoms with Gasteiger partial charge in [-0.25, -0.2) is 9.97 Å². The van der Waals surface area contributed by atoms with E-state index in [0.717, 1.165) is 29.5 Å². The average Bonchev–Trinajstić information content (AvgIpc) is 2.33. The van der Waals surface area contributed by atoms with Crippen LogP contribution in [0.15, 0.2) is 0 Å². The number of nitrogen functional groups attached to an aromatic ring is 1. The molecule has 0 amide bonds. The van der Waals surface area contributed by atoms with E-state index in [-0.39, 0.29) is 5.92 Å². The third kappa shape index (κ3) is 4.99. The molecule has 114 valence electrons. The van der Waals surface area contributed by atoms with Gasteiger partial charge < -0.3 is 11.1 Å². The highest BCUT2D eigenvalue weighted by atomic mass is 15.1. The Hall–Kier alpha value is -1.32. The summed E-state index contributed by atoms with van der Waals surface area (Å²) in [6.07, 6.45) is 3.66. The van der Waals surface area contributed by atoms with E-state index in [1.165, 1.54) is 12.8 Å². The fraction of sp³-hybridized carbons (Fsp3) is 0.750. The molecule has 20 heavy (non-hydrogen) atoms. The van der Waals surface area contributed by atoms with Crippen molar-refractivity contribution in [3.05, 3.63) is 11.4 Å². The number of nitrogens with two attached hydrogens (primary N) is 1. The van der Waals surface area contributed by atoms with Crippen molar-refractivity contribution in [2.45, 2.75) is 72.8 Å². The van der Waals surface area contributed by atoms with Gasteiger partial charge in [0.05, 0.1) is 0 Å². The summed E-state index contributed by atoms with van der Waals surface area (Å²) in [5.74, 6) is 3.34. The van der Waals surface area contributed by atoms with Crippen LogP contribution >= 0.6 is 0 Å². The predicted octanol–water partition coefficient (Wildman–Crippen LogP) is 4.12. The molecule has 3 N–H and O–H groups in total. The Bertz CT molecular complexity index is 427. The molecule has 0 aromatic carbocycles. The Kier molecular flexibility index (Phi) is 6.24. The van der Waals surface area contributed by atoms with Crippen molar-refractivity contribution in [2.75, 3.05) is 11.1 Å². The summed E-state index contributed by atoms with van der Waals surface area (Å²) in [5.41, 5.74) is 6.93. The molecule has 1 unspecified atom stereocenters. The van der Waals surface area contributed by atoms with Gasteiger partial charge in [0.15, 0.2) is 0 Å². The Morgan fingerprint density at radius 3 is 2.25 bits per heavy atom. The minimum absolute atomic E-state index is 0.287. The summed E-state index contributed by atoms with van der Waals surface area (Å²) >= 11 is 0. The molecule has 0 spiro atoms. The van der Waals surface area contributed by atoms with Crippen molar-refractivity contribution < 1.29 is 0 Å². The number of nitrogens with zero attached hydrogens (tertiary/aromatic N) is 2. The van der Waals surface area contributed by atoms with Gasteiger partial charge in [0.2, 0.25) is 0 Å². The van der Waals surface area contributed by atoms with Gasteiger partial charge >= 0.3 is 0 Å². The van der Waals surface area contributed by atoms with Crippen LogP contribution in [0.5, 0.6) is 0 Å². The lowest BCUT2D eigenvalue weighted by atomic mass is 10.0. The fourth-order valence-corrected chi connectivity index (χ4v) is 2.09. The second-order valence-electron chi connectivity index (χ2n) is 6.47. The molecule has 0 saturated heterocycles. The van der Waals surface area contributed by atoms with Gasteiger partial charge in [0.25, 0.3) is 0 Å². The molecule has 0 radical (unpaired) electrons. The highest BCUT2D eigenvalue weighted by Gasteiger charge is 2.13. The Labute approximate surface area is 123 Å². The van der Waals surface area contributed by atoms with Crippen LogP contribution in [0.3, 0.4) is 0 Å². The topological polar surface area (TPSA) is 63.8 Å². The fourth-order valence-electron chi connectivity index (χ4n) is 2.09. The standard InChI is InChI=1S/C16H30N4/c1-10(2)8-7-9-12(5)18-16-13(6)14(17)19-15(20-16)11(3)4/h10-12H,7-9H2,1-6H3,(H3,17,18,19,20). The summed E-state index contributed by atoms with van der Waals surface area (Å²) in [6, 6.07) is 0.404. The maximum absolute atomic E-state index is 5.98. The van der Waals surface area contributed by atoms with Gasteiger partial charge in [-0.05, 0) is 26.2 Å². The Morgan fingerprint density at radius 2 is 1.70 bits per heavy atom. The molecule has 1 aromatic rings. The zero-order chi connectivity index (χ0) is 15.3. The molecule has 4 heteroatoms. The lowest BCUT2D eigenvalue weighted by Crippen LogP contribution is -2.19. The zero-order valence-corrected chi connectivity index (χ0v) is 13.8. The number of rotatable bonds is 7. The molecule has 0 saturated carbocycles. The average molecular weight is 278 g/mol. The van der Waals surface area contributed by atoms with Gasteiger partial charge in [0, 0.05) is 17.5 Å². The van der Waals surface area contributed by atoms with E-state index < -0.39 is 0 Å². The first-order valence-electron chi connectivity index (χ1n) is 7.71. The minimum Gasteiger partial charge on any atom is -0.383 e. The summed E-state index contributed by atoms with van der Waals surface area (Å²) < 4.78 is 0. The van der Waals surface area contributed by atoms with Crippen LogP contribution in [0, 0.1) is 12.8 Å². The van der Waals surface area contributed by atoms with E-state index in [2.05, 4.69) is 49.9 Å². The molecule has 1 heterocycles. The highest BCUT2D eigenvalue weighted by molar-refractivity contribution is 5.55. The van der Waals surface area contributed by atoms with Crippen LogP contribution in [-0.2, 0) is 0 Å². The van der Waals surface area contributed by atoms with Crippen molar-refractivity contribution in [3.63, 3.8) is 0 Å². The van der Waals surface area contributed by atoms with Gasteiger partial charge in [-0.2, -0.15) is 0 Å². The van der Waals surface area contributed by atoms with Crippen LogP contribution in [0.4, 0.5) is 11.6 Å². The predicted molar refractivity (Wildman–Crippen MR) is 87.0 cm³/mol. The van der Waals surface area contributed by atoms with Crippen LogP contribution in [-0.4, -0.2) is 16.0 Å². The molecule has 0 aliphatic rings. The zero-order valence-electron chi connectivity index (χ0n) is 13.8. The van der Waals surface area contributed by atoms with Gasteiger partial charge in [-0.1, -0.05) is 40.5 Å². The van der Waals surface area contributed by atoms with Crippen molar-refractivity contribution in [2.24, 2.45) is 5.92 Å². The smallest absolute Gasteiger partial charge is 0.135 e. The number of nitrogens with one attached hydrogen (secondary N) is 1. The first-order chi connectivity index (χ1) is 9.31. The van der Waals surface area contributed by atoms with Gasteiger partial charge in [-0.3, -0.25) is 0 Å². The number of hydrogen-bond acceptors (Lipinski definition) is 4. The van der Waals surface area contributed by atoms with Gasteiger partial charge in [-0.15, -0.1) is 0 Å². The third-order valence-corrected chi connectivity index (χ3v) is 3.52. The molecule has 4 nitrogen and oxygen atoms in total. The van der Waals surface area contributed by atoms with Crippen LogP contribution < -0.4 is 11.1 Å². The first kappa shape index (κ1) is 16.7. The molecule has 0 aliphatic heterocycles. The molecule has 0 bridgehead atoms. The third-order valence-electron chi connectivity index (χ3n) is 3.52. The summed E-state index contributed by atoms with van der Waals surface area (Å²) in [7, 11) is 0. The normalized spacial score (nSPS) is 13.0. The van der Waals surface area contributed by atoms with E-state index in [1.54, 1.807) is 0 Å². The summed E-state index contributed by atoms with van der Waals surface area (Å²) in [5, 5.41) is 3.49. The maximum atomic E-state index is 5.98. The number of hydrogen-bond donors (Lipinski definition) is 2. The molecule has 0 aliphatic carbocycles. The highest BCUT2D eigenvalue weighted by Crippen LogP contribution is 2.22. The largest absolute Gasteiger partial charge is 0.383 e. The first-order valence-corrected chi connectivity index (χ1v) is 7.71. The maximum Gasteiger partial charge on any atom is 0.135 e. The Morgan fingerprint density at radius 1 is 1.05 bits per heavy atom. The molecule has 0 fully saturated rings. The van der Waals surface area contributed by atoms with E-state index in [0.29, 0.717) is 11.9 Å². The SMILES string of the molecule is Cc1c(N)nc(C(C)C)nc1NC(C)CCCC(C)C. The molecular formula is C16H30N4. The quantitative estimate of drug-likeness (QED) is 0.787. The van der Waals surface area contributed by atoms with Gasteiger partial charge in [0.1, 0.15) is 17.5 Å². The van der Waals surface area contributed by atoms with Crippen molar-refractivity contribution in [1.82, 2.24) is 9.97 Å². The van der Waals surface area contributed by atoms with Crippen molar-refractivity contribution in [3.8, 4) is 0 Å². The second kappa shape index (κ2) is 7.46. The van der Waals surface area contributed by atoms with Crippen LogP contribution in [0.1, 0.15) is 71.2 Å². The van der Waals surface area contributed by atoms with E-state index in [9.17, 15) is 0 Å². The summed E-state index contributed by atoms with van der Waals surface area (Å²) in [6.45, 7) is 12.9. The summed E-state index contributed by atoms with van der Waals surface area (Å²) in [4.78, 5) is 8.97. The van der Waals surface area contributed by atoms with Crippen LogP contribution in [0.2, 0.25) is 0 Å². The molecular weight excluding hydrogens is 248 g/mol. The van der Waals surface area contributed by atoms with Crippen molar-refractivity contribution in [1.29, 1.82) is 0 Å². The monoisotopic (exact) mass is 278 g/mol. The molecule has 1 rings (SSSR count). The van der Waals surface area contributed by atoms with E-state index in [4.69, 9.17) is 5.73 Å². The van der Waals surface area contributed by atoms with Crippen LogP contribution in [0.25, 0.3) is 0 Å². The molecule has 1 aromatic heterocycles. The number of aromatic nitrogens is 2.